The van der Waals surface area contributed by atoms with Gasteiger partial charge in [-0.1, -0.05) is 36.9 Å². The summed E-state index contributed by atoms with van der Waals surface area (Å²) in [5, 5.41) is 0. The Morgan fingerprint density at radius 3 is 2.60 bits per heavy atom. The molecule has 4 heteroatoms. The molecule has 0 aliphatic heterocycles. The lowest BCUT2D eigenvalue weighted by atomic mass is 10.1. The van der Waals surface area contributed by atoms with Crippen LogP contribution in [0.3, 0.4) is 0 Å². The minimum Gasteiger partial charge on any atom is -0.456 e. The summed E-state index contributed by atoms with van der Waals surface area (Å²) in [7, 11) is 1.92. The SMILES string of the molecule is C=C(C)C(=O)OCc1c(-c2ccccc2)nc(C)n1C. The molecule has 104 valence electrons. The Kier molecular flexibility index (Phi) is 4.03. The molecule has 0 aliphatic rings. The van der Waals surface area contributed by atoms with Crippen LogP contribution in [0.4, 0.5) is 0 Å². The number of carbonyl (C=O) groups is 1. The van der Waals surface area contributed by atoms with Crippen molar-refractivity contribution < 1.29 is 9.53 Å². The van der Waals surface area contributed by atoms with Gasteiger partial charge in [-0.05, 0) is 13.8 Å². The number of aryl methyl sites for hydroxylation is 1. The molecule has 1 heterocycles. The lowest BCUT2D eigenvalue weighted by Gasteiger charge is -2.08. The van der Waals surface area contributed by atoms with Crippen molar-refractivity contribution in [2.45, 2.75) is 20.5 Å². The summed E-state index contributed by atoms with van der Waals surface area (Å²) < 4.78 is 7.19. The number of rotatable bonds is 4. The molecule has 20 heavy (non-hydrogen) atoms. The molecule has 0 amide bonds. The van der Waals surface area contributed by atoms with Gasteiger partial charge in [0.1, 0.15) is 12.4 Å². The number of ether oxygens (including phenoxy) is 1. The van der Waals surface area contributed by atoms with Gasteiger partial charge in [-0.15, -0.1) is 0 Å². The van der Waals surface area contributed by atoms with Crippen LogP contribution in [-0.4, -0.2) is 15.5 Å². The standard InChI is InChI=1S/C16H18N2O2/c1-11(2)16(19)20-10-14-15(17-12(3)18(14)4)13-8-6-5-7-9-13/h5-9H,1,10H2,2-4H3. The molecule has 2 rings (SSSR count). The second kappa shape index (κ2) is 5.74. The first-order valence-corrected chi connectivity index (χ1v) is 6.41. The zero-order chi connectivity index (χ0) is 14.7. The summed E-state index contributed by atoms with van der Waals surface area (Å²) in [6.45, 7) is 7.33. The first-order chi connectivity index (χ1) is 9.50. The molecule has 0 N–H and O–H groups in total. The number of hydrogen-bond acceptors (Lipinski definition) is 3. The van der Waals surface area contributed by atoms with Crippen molar-refractivity contribution in [3.63, 3.8) is 0 Å². The van der Waals surface area contributed by atoms with E-state index in [1.54, 1.807) is 6.92 Å². The molecule has 1 aromatic carbocycles. The van der Waals surface area contributed by atoms with Gasteiger partial charge in [0.05, 0.1) is 11.4 Å². The first-order valence-electron chi connectivity index (χ1n) is 6.41. The largest absolute Gasteiger partial charge is 0.456 e. The van der Waals surface area contributed by atoms with E-state index in [9.17, 15) is 4.79 Å². The molecule has 0 aliphatic carbocycles. The molecule has 0 saturated carbocycles. The zero-order valence-electron chi connectivity index (χ0n) is 12.0. The third kappa shape index (κ3) is 2.79. The Bertz CT molecular complexity index is 642. The second-order valence-corrected chi connectivity index (χ2v) is 4.74. The van der Waals surface area contributed by atoms with E-state index in [0.717, 1.165) is 22.8 Å². The highest BCUT2D eigenvalue weighted by molar-refractivity contribution is 5.87. The van der Waals surface area contributed by atoms with Crippen LogP contribution in [0.5, 0.6) is 0 Å². The Morgan fingerprint density at radius 2 is 2.00 bits per heavy atom. The second-order valence-electron chi connectivity index (χ2n) is 4.74. The van der Waals surface area contributed by atoms with E-state index in [2.05, 4.69) is 11.6 Å². The molecular weight excluding hydrogens is 252 g/mol. The number of imidazole rings is 1. The predicted octanol–water partition coefficient (Wildman–Crippen LogP) is 3.01. The van der Waals surface area contributed by atoms with Gasteiger partial charge in [0.2, 0.25) is 0 Å². The maximum atomic E-state index is 11.5. The molecule has 0 spiro atoms. The van der Waals surface area contributed by atoms with Crippen LogP contribution in [0.25, 0.3) is 11.3 Å². The van der Waals surface area contributed by atoms with Crippen LogP contribution in [0.15, 0.2) is 42.5 Å². The maximum Gasteiger partial charge on any atom is 0.333 e. The summed E-state index contributed by atoms with van der Waals surface area (Å²) in [4.78, 5) is 16.1. The van der Waals surface area contributed by atoms with Gasteiger partial charge in [-0.25, -0.2) is 9.78 Å². The Balaban J connectivity index is 2.33. The number of benzene rings is 1. The number of nitrogens with zero attached hydrogens (tertiary/aromatic N) is 2. The number of carbonyl (C=O) groups excluding carboxylic acids is 1. The molecule has 0 radical (unpaired) electrons. The van der Waals surface area contributed by atoms with E-state index >= 15 is 0 Å². The van der Waals surface area contributed by atoms with E-state index < -0.39 is 0 Å². The van der Waals surface area contributed by atoms with Crippen LogP contribution < -0.4 is 0 Å². The smallest absolute Gasteiger partial charge is 0.333 e. The number of hydrogen-bond donors (Lipinski definition) is 0. The van der Waals surface area contributed by atoms with Gasteiger partial charge in [-0.2, -0.15) is 0 Å². The molecule has 0 fully saturated rings. The van der Waals surface area contributed by atoms with Gasteiger partial charge in [0.25, 0.3) is 0 Å². The summed E-state index contributed by atoms with van der Waals surface area (Å²) in [6.07, 6.45) is 0. The molecule has 0 bridgehead atoms. The summed E-state index contributed by atoms with van der Waals surface area (Å²) in [5.74, 6) is 0.494. The molecule has 0 unspecified atom stereocenters. The Hall–Kier alpha value is -2.36. The monoisotopic (exact) mass is 270 g/mol. The third-order valence-corrected chi connectivity index (χ3v) is 3.17. The molecule has 0 atom stereocenters. The third-order valence-electron chi connectivity index (χ3n) is 3.17. The van der Waals surface area contributed by atoms with Crippen molar-refractivity contribution in [2.75, 3.05) is 0 Å². The minimum atomic E-state index is -0.386. The van der Waals surface area contributed by atoms with Crippen LogP contribution in [0.2, 0.25) is 0 Å². The van der Waals surface area contributed by atoms with Gasteiger partial charge >= 0.3 is 5.97 Å². The molecule has 0 saturated heterocycles. The van der Waals surface area contributed by atoms with Gasteiger partial charge in [0.15, 0.2) is 0 Å². The topological polar surface area (TPSA) is 44.1 Å². The van der Waals surface area contributed by atoms with Crippen molar-refractivity contribution in [3.05, 3.63) is 54.0 Å². The van der Waals surface area contributed by atoms with E-state index in [1.807, 2.05) is 48.9 Å². The minimum absolute atomic E-state index is 0.188. The number of aromatic nitrogens is 2. The highest BCUT2D eigenvalue weighted by atomic mass is 16.5. The van der Waals surface area contributed by atoms with Crippen molar-refractivity contribution in [1.29, 1.82) is 0 Å². The highest BCUT2D eigenvalue weighted by Crippen LogP contribution is 2.24. The van der Waals surface area contributed by atoms with Gasteiger partial charge in [-0.3, -0.25) is 0 Å². The maximum absolute atomic E-state index is 11.5. The van der Waals surface area contributed by atoms with Crippen molar-refractivity contribution in [2.24, 2.45) is 7.05 Å². The fourth-order valence-corrected chi connectivity index (χ4v) is 1.90. The van der Waals surface area contributed by atoms with E-state index in [0.29, 0.717) is 5.57 Å². The normalized spacial score (nSPS) is 10.3. The summed E-state index contributed by atoms with van der Waals surface area (Å²) >= 11 is 0. The zero-order valence-corrected chi connectivity index (χ0v) is 12.0. The van der Waals surface area contributed by atoms with E-state index in [-0.39, 0.29) is 12.6 Å². The molecule has 4 nitrogen and oxygen atoms in total. The first kappa shape index (κ1) is 14.1. The average molecular weight is 270 g/mol. The summed E-state index contributed by atoms with van der Waals surface area (Å²) in [6, 6.07) is 9.86. The van der Waals surface area contributed by atoms with Crippen LogP contribution in [0, 0.1) is 6.92 Å². The fourth-order valence-electron chi connectivity index (χ4n) is 1.90. The van der Waals surface area contributed by atoms with Crippen molar-refractivity contribution in [3.8, 4) is 11.3 Å². The highest BCUT2D eigenvalue weighted by Gasteiger charge is 2.15. The van der Waals surface area contributed by atoms with Crippen LogP contribution >= 0.6 is 0 Å². The fraction of sp³-hybridized carbons (Fsp3) is 0.250. The number of esters is 1. The lowest BCUT2D eigenvalue weighted by Crippen LogP contribution is -2.08. The van der Waals surface area contributed by atoms with E-state index in [1.165, 1.54) is 0 Å². The van der Waals surface area contributed by atoms with Gasteiger partial charge in [0, 0.05) is 18.2 Å². The lowest BCUT2D eigenvalue weighted by molar-refractivity contribution is -0.140. The van der Waals surface area contributed by atoms with Crippen molar-refractivity contribution in [1.82, 2.24) is 9.55 Å². The van der Waals surface area contributed by atoms with E-state index in [4.69, 9.17) is 4.74 Å². The van der Waals surface area contributed by atoms with Crippen LogP contribution in [-0.2, 0) is 23.2 Å². The molecular formula is C16H18N2O2. The predicted molar refractivity (Wildman–Crippen MR) is 78.0 cm³/mol. The quantitative estimate of drug-likeness (QED) is 0.633. The van der Waals surface area contributed by atoms with Gasteiger partial charge < -0.3 is 9.30 Å². The average Bonchev–Trinajstić information content (AvgIpc) is 2.73. The van der Waals surface area contributed by atoms with Crippen LogP contribution in [0.1, 0.15) is 18.4 Å². The Labute approximate surface area is 118 Å². The molecule has 1 aromatic heterocycles. The van der Waals surface area contributed by atoms with Crippen molar-refractivity contribution >= 4 is 5.97 Å². The Morgan fingerprint density at radius 1 is 1.35 bits per heavy atom. The molecule has 2 aromatic rings. The summed E-state index contributed by atoms with van der Waals surface area (Å²) in [5.41, 5.74) is 3.13.